The van der Waals surface area contributed by atoms with Crippen molar-refractivity contribution in [2.45, 2.75) is 43.4 Å². The summed E-state index contributed by atoms with van der Waals surface area (Å²) in [6.07, 6.45) is 2.39. The number of carboxylic acids is 1. The normalized spacial score (nSPS) is 14.5. The summed E-state index contributed by atoms with van der Waals surface area (Å²) >= 11 is 7.82. The van der Waals surface area contributed by atoms with Crippen LogP contribution in [-0.2, 0) is 30.4 Å². The standard InChI is InChI=1S/C17H27N7O6S2/c18-9(5-31)14(26)22-10(1-2-13(19)25)15(27)23-11(3-8-4-20-7-21-8)16(28)24-12(6-32)17(29)30/h4,7,9-12,31-32H,1-3,5-6,18H2,(H2,19,25)(H,20,21)(H,22,26)(H,23,27)(H,24,28)(H,29,30). The summed E-state index contributed by atoms with van der Waals surface area (Å²) < 4.78 is 0. The van der Waals surface area contributed by atoms with Gasteiger partial charge in [0.25, 0.3) is 0 Å². The molecule has 4 atom stereocenters. The van der Waals surface area contributed by atoms with Crippen molar-refractivity contribution in [2.24, 2.45) is 11.5 Å². The SMILES string of the molecule is NC(=O)CCC(NC(=O)C(N)CS)C(=O)NC(Cc1cnc[nH]1)C(=O)NC(CS)C(=O)O. The van der Waals surface area contributed by atoms with Crippen molar-refractivity contribution in [1.82, 2.24) is 25.9 Å². The molecule has 1 heterocycles. The zero-order chi connectivity index (χ0) is 24.3. The van der Waals surface area contributed by atoms with Crippen LogP contribution < -0.4 is 27.4 Å². The molecule has 0 aliphatic carbocycles. The number of aliphatic carboxylic acids is 1. The minimum atomic E-state index is -1.30. The van der Waals surface area contributed by atoms with E-state index in [1.807, 2.05) is 0 Å². The Labute approximate surface area is 194 Å². The molecule has 4 unspecified atom stereocenters. The van der Waals surface area contributed by atoms with Crippen molar-refractivity contribution < 1.29 is 29.1 Å². The second-order valence-electron chi connectivity index (χ2n) is 6.78. The van der Waals surface area contributed by atoms with Crippen LogP contribution in [-0.4, -0.2) is 80.3 Å². The molecular weight excluding hydrogens is 462 g/mol. The van der Waals surface area contributed by atoms with Gasteiger partial charge in [0, 0.05) is 36.2 Å². The molecule has 178 valence electrons. The minimum absolute atomic E-state index is 0.0150. The zero-order valence-corrected chi connectivity index (χ0v) is 18.8. The molecule has 0 spiro atoms. The molecule has 0 fully saturated rings. The highest BCUT2D eigenvalue weighted by Crippen LogP contribution is 2.04. The van der Waals surface area contributed by atoms with E-state index in [0.29, 0.717) is 5.69 Å². The Bertz CT molecular complexity index is 807. The number of thiol groups is 2. The highest BCUT2D eigenvalue weighted by Gasteiger charge is 2.30. The molecule has 1 rings (SSSR count). The third kappa shape index (κ3) is 9.15. The smallest absolute Gasteiger partial charge is 0.327 e. The van der Waals surface area contributed by atoms with Gasteiger partial charge in [0.05, 0.1) is 12.4 Å². The van der Waals surface area contributed by atoms with Crippen LogP contribution in [0.4, 0.5) is 0 Å². The Morgan fingerprint density at radius 2 is 1.59 bits per heavy atom. The molecule has 13 nitrogen and oxygen atoms in total. The van der Waals surface area contributed by atoms with Crippen LogP contribution in [0.2, 0.25) is 0 Å². The second-order valence-corrected chi connectivity index (χ2v) is 7.51. The number of amides is 4. The Morgan fingerprint density at radius 1 is 1.00 bits per heavy atom. The second kappa shape index (κ2) is 13.6. The van der Waals surface area contributed by atoms with Crippen molar-refractivity contribution in [3.63, 3.8) is 0 Å². The largest absolute Gasteiger partial charge is 0.480 e. The first-order chi connectivity index (χ1) is 15.1. The van der Waals surface area contributed by atoms with Gasteiger partial charge in [-0.05, 0) is 6.42 Å². The lowest BCUT2D eigenvalue weighted by Gasteiger charge is -2.24. The minimum Gasteiger partial charge on any atom is -0.480 e. The number of aromatic amines is 1. The molecule has 15 heteroatoms. The molecule has 0 aromatic carbocycles. The summed E-state index contributed by atoms with van der Waals surface area (Å²) in [5, 5.41) is 16.3. The number of H-pyrrole nitrogens is 1. The van der Waals surface area contributed by atoms with E-state index in [1.54, 1.807) is 0 Å². The molecule has 1 aromatic rings. The molecule has 0 radical (unpaired) electrons. The number of carbonyl (C=O) groups is 5. The van der Waals surface area contributed by atoms with E-state index >= 15 is 0 Å². The molecule has 0 aliphatic heterocycles. The molecular formula is C17H27N7O6S2. The topological polar surface area (TPSA) is 222 Å². The van der Waals surface area contributed by atoms with Gasteiger partial charge in [0.1, 0.15) is 18.1 Å². The predicted molar refractivity (Wildman–Crippen MR) is 120 cm³/mol. The maximum atomic E-state index is 12.9. The van der Waals surface area contributed by atoms with Crippen LogP contribution in [0.5, 0.6) is 0 Å². The van der Waals surface area contributed by atoms with Gasteiger partial charge in [-0.3, -0.25) is 19.2 Å². The predicted octanol–water partition coefficient (Wildman–Crippen LogP) is -3.06. The van der Waals surface area contributed by atoms with Crippen LogP contribution in [0.15, 0.2) is 12.5 Å². The Kier molecular flexibility index (Phi) is 11.6. The Hall–Kier alpha value is -2.78. The fourth-order valence-electron chi connectivity index (χ4n) is 2.47. The van der Waals surface area contributed by atoms with Crippen LogP contribution in [0.3, 0.4) is 0 Å². The van der Waals surface area contributed by atoms with Gasteiger partial charge in [-0.15, -0.1) is 0 Å². The Balaban J connectivity index is 3.03. The van der Waals surface area contributed by atoms with Gasteiger partial charge < -0.3 is 37.5 Å². The number of nitrogens with one attached hydrogen (secondary N) is 4. The van der Waals surface area contributed by atoms with Gasteiger partial charge in [-0.1, -0.05) is 0 Å². The molecule has 9 N–H and O–H groups in total. The first-order valence-corrected chi connectivity index (χ1v) is 10.7. The van der Waals surface area contributed by atoms with Gasteiger partial charge >= 0.3 is 5.97 Å². The fraction of sp³-hybridized carbons (Fsp3) is 0.529. The third-order valence-electron chi connectivity index (χ3n) is 4.25. The molecule has 32 heavy (non-hydrogen) atoms. The summed E-state index contributed by atoms with van der Waals surface area (Å²) in [5.74, 6) is -4.41. The number of carboxylic acid groups (broad SMARTS) is 1. The van der Waals surface area contributed by atoms with Gasteiger partial charge in [-0.25, -0.2) is 9.78 Å². The molecule has 1 aromatic heterocycles. The van der Waals surface area contributed by atoms with Crippen LogP contribution in [0.25, 0.3) is 0 Å². The van der Waals surface area contributed by atoms with E-state index in [9.17, 15) is 24.0 Å². The number of carbonyl (C=O) groups excluding carboxylic acids is 4. The summed E-state index contributed by atoms with van der Waals surface area (Å²) in [7, 11) is 0. The lowest BCUT2D eigenvalue weighted by Crippen LogP contribution is -2.58. The first kappa shape index (κ1) is 27.3. The maximum Gasteiger partial charge on any atom is 0.327 e. The van der Waals surface area contributed by atoms with Crippen molar-refractivity contribution in [3.05, 3.63) is 18.2 Å². The first-order valence-electron chi connectivity index (χ1n) is 9.45. The van der Waals surface area contributed by atoms with E-state index in [0.717, 1.165) is 0 Å². The van der Waals surface area contributed by atoms with Gasteiger partial charge in [0.2, 0.25) is 23.6 Å². The number of nitrogens with zero attached hydrogens (tertiary/aromatic N) is 1. The average Bonchev–Trinajstić information content (AvgIpc) is 3.25. The number of nitrogens with two attached hydrogens (primary N) is 2. The molecule has 0 bridgehead atoms. The summed E-state index contributed by atoms with van der Waals surface area (Å²) in [4.78, 5) is 66.7. The zero-order valence-electron chi connectivity index (χ0n) is 17.0. The fourth-order valence-corrected chi connectivity index (χ4v) is 2.89. The molecule has 4 amide bonds. The third-order valence-corrected chi connectivity index (χ3v) is 5.01. The monoisotopic (exact) mass is 489 g/mol. The van der Waals surface area contributed by atoms with E-state index in [1.165, 1.54) is 12.5 Å². The summed E-state index contributed by atoms with van der Waals surface area (Å²) in [5.41, 5.74) is 11.2. The molecule has 0 saturated heterocycles. The van der Waals surface area contributed by atoms with Crippen LogP contribution >= 0.6 is 25.3 Å². The van der Waals surface area contributed by atoms with E-state index in [-0.39, 0.29) is 30.8 Å². The van der Waals surface area contributed by atoms with Crippen molar-refractivity contribution in [2.75, 3.05) is 11.5 Å². The molecule has 0 aliphatic rings. The number of rotatable bonds is 14. The van der Waals surface area contributed by atoms with E-state index in [4.69, 9.17) is 16.6 Å². The summed E-state index contributed by atoms with van der Waals surface area (Å²) in [6.45, 7) is 0. The van der Waals surface area contributed by atoms with Gasteiger partial charge in [-0.2, -0.15) is 25.3 Å². The molecule has 0 saturated carbocycles. The summed E-state index contributed by atoms with van der Waals surface area (Å²) in [6, 6.07) is -4.74. The van der Waals surface area contributed by atoms with Crippen molar-refractivity contribution >= 4 is 54.9 Å². The number of hydrogen-bond acceptors (Lipinski definition) is 9. The number of primary amides is 1. The van der Waals surface area contributed by atoms with Gasteiger partial charge in [0.15, 0.2) is 0 Å². The highest BCUT2D eigenvalue weighted by atomic mass is 32.1. The highest BCUT2D eigenvalue weighted by molar-refractivity contribution is 7.80. The van der Waals surface area contributed by atoms with E-state index in [2.05, 4.69) is 51.2 Å². The van der Waals surface area contributed by atoms with Crippen LogP contribution in [0.1, 0.15) is 18.5 Å². The lowest BCUT2D eigenvalue weighted by atomic mass is 10.1. The number of hydrogen-bond donors (Lipinski definition) is 9. The Morgan fingerprint density at radius 3 is 2.09 bits per heavy atom. The number of imidazole rings is 1. The lowest BCUT2D eigenvalue weighted by molar-refractivity contribution is -0.141. The average molecular weight is 490 g/mol. The van der Waals surface area contributed by atoms with E-state index < -0.39 is 53.8 Å². The van der Waals surface area contributed by atoms with Crippen molar-refractivity contribution in [3.8, 4) is 0 Å². The quantitative estimate of drug-likeness (QED) is 0.122. The van der Waals surface area contributed by atoms with Crippen LogP contribution in [0, 0.1) is 0 Å². The van der Waals surface area contributed by atoms with Crippen molar-refractivity contribution in [1.29, 1.82) is 0 Å². The number of aromatic nitrogens is 2. The maximum absolute atomic E-state index is 12.9.